The Kier molecular flexibility index (Phi) is 5.46. The Hall–Kier alpha value is -1.28. The highest BCUT2D eigenvalue weighted by atomic mass is 79.9. The number of hydrogen-bond donors (Lipinski definition) is 0. The maximum Gasteiger partial charge on any atom is 0.123 e. The molecule has 0 saturated carbocycles. The van der Waals surface area contributed by atoms with Gasteiger partial charge in [0.25, 0.3) is 0 Å². The Morgan fingerprint density at radius 2 is 1.79 bits per heavy atom. The molecule has 0 atom stereocenters. The summed E-state index contributed by atoms with van der Waals surface area (Å²) >= 11 is 3.47. The molecule has 0 heterocycles. The van der Waals surface area contributed by atoms with Gasteiger partial charge in [0, 0.05) is 4.47 Å². The van der Waals surface area contributed by atoms with Gasteiger partial charge in [0.1, 0.15) is 5.75 Å². The molecule has 0 aliphatic carbocycles. The summed E-state index contributed by atoms with van der Waals surface area (Å²) < 4.78 is 6.89. The standard InChI is InChI=1S/C17H19BrO/c1-14-10-11-16(18)13-17(14)19-12-6-5-9-15-7-3-2-4-8-15/h2-4,7-8,10-11,13H,5-6,9,12H2,1H3. The molecule has 0 bridgehead atoms. The molecule has 1 nitrogen and oxygen atoms in total. The van der Waals surface area contributed by atoms with Crippen LogP contribution in [0.5, 0.6) is 5.75 Å². The molecule has 0 aliphatic rings. The van der Waals surface area contributed by atoms with Gasteiger partial charge in [-0.2, -0.15) is 0 Å². The largest absolute Gasteiger partial charge is 0.493 e. The second-order valence-corrected chi connectivity index (χ2v) is 5.62. The average Bonchev–Trinajstić information content (AvgIpc) is 2.43. The first-order chi connectivity index (χ1) is 9.25. The van der Waals surface area contributed by atoms with Gasteiger partial charge in [-0.15, -0.1) is 0 Å². The number of unbranched alkanes of at least 4 members (excludes halogenated alkanes) is 1. The van der Waals surface area contributed by atoms with E-state index in [4.69, 9.17) is 4.74 Å². The van der Waals surface area contributed by atoms with E-state index in [-0.39, 0.29) is 0 Å². The van der Waals surface area contributed by atoms with E-state index >= 15 is 0 Å². The van der Waals surface area contributed by atoms with Crippen LogP contribution < -0.4 is 4.74 Å². The summed E-state index contributed by atoms with van der Waals surface area (Å²) in [6.45, 7) is 2.86. The summed E-state index contributed by atoms with van der Waals surface area (Å²) in [5.74, 6) is 0.981. The number of aryl methyl sites for hydroxylation is 2. The lowest BCUT2D eigenvalue weighted by atomic mass is 10.1. The maximum atomic E-state index is 5.83. The lowest BCUT2D eigenvalue weighted by molar-refractivity contribution is 0.305. The van der Waals surface area contributed by atoms with Gasteiger partial charge < -0.3 is 4.74 Å². The highest BCUT2D eigenvalue weighted by Gasteiger charge is 2.00. The number of halogens is 1. The molecule has 19 heavy (non-hydrogen) atoms. The summed E-state index contributed by atoms with van der Waals surface area (Å²) in [4.78, 5) is 0. The van der Waals surface area contributed by atoms with Crippen molar-refractivity contribution in [1.82, 2.24) is 0 Å². The molecule has 0 radical (unpaired) electrons. The molecular weight excluding hydrogens is 300 g/mol. The van der Waals surface area contributed by atoms with Crippen molar-refractivity contribution in [2.45, 2.75) is 26.2 Å². The second kappa shape index (κ2) is 7.34. The van der Waals surface area contributed by atoms with Gasteiger partial charge in [-0.3, -0.25) is 0 Å². The van der Waals surface area contributed by atoms with Crippen molar-refractivity contribution in [1.29, 1.82) is 0 Å². The van der Waals surface area contributed by atoms with Crippen LogP contribution >= 0.6 is 15.9 Å². The molecule has 2 aromatic rings. The predicted octanol–water partition coefficient (Wildman–Crippen LogP) is 5.16. The van der Waals surface area contributed by atoms with Gasteiger partial charge >= 0.3 is 0 Å². The fourth-order valence-electron chi connectivity index (χ4n) is 1.99. The summed E-state index contributed by atoms with van der Waals surface area (Å²) in [6, 6.07) is 16.8. The highest BCUT2D eigenvalue weighted by molar-refractivity contribution is 9.10. The molecule has 2 rings (SSSR count). The van der Waals surface area contributed by atoms with Crippen LogP contribution in [0.15, 0.2) is 53.0 Å². The monoisotopic (exact) mass is 318 g/mol. The molecule has 0 N–H and O–H groups in total. The molecule has 2 aromatic carbocycles. The van der Waals surface area contributed by atoms with Crippen LogP contribution in [-0.2, 0) is 6.42 Å². The zero-order chi connectivity index (χ0) is 13.5. The molecule has 0 amide bonds. The quantitative estimate of drug-likeness (QED) is 0.668. The lowest BCUT2D eigenvalue weighted by Gasteiger charge is -2.09. The SMILES string of the molecule is Cc1ccc(Br)cc1OCCCCc1ccccc1. The molecular formula is C17H19BrO. The van der Waals surface area contributed by atoms with Crippen LogP contribution in [0, 0.1) is 6.92 Å². The van der Waals surface area contributed by atoms with Gasteiger partial charge in [-0.1, -0.05) is 52.3 Å². The van der Waals surface area contributed by atoms with Crippen LogP contribution in [0.2, 0.25) is 0 Å². The lowest BCUT2D eigenvalue weighted by Crippen LogP contribution is -1.99. The van der Waals surface area contributed by atoms with Gasteiger partial charge in [0.2, 0.25) is 0 Å². The van der Waals surface area contributed by atoms with Crippen molar-refractivity contribution in [3.63, 3.8) is 0 Å². The molecule has 100 valence electrons. The second-order valence-electron chi connectivity index (χ2n) is 4.70. The van der Waals surface area contributed by atoms with Gasteiger partial charge in [-0.25, -0.2) is 0 Å². The Labute approximate surface area is 123 Å². The number of ether oxygens (including phenoxy) is 1. The van der Waals surface area contributed by atoms with Gasteiger partial charge in [0.05, 0.1) is 6.61 Å². The average molecular weight is 319 g/mol. The van der Waals surface area contributed by atoms with E-state index in [0.717, 1.165) is 36.1 Å². The fraction of sp³-hybridized carbons (Fsp3) is 0.294. The summed E-state index contributed by atoms with van der Waals surface area (Å²) in [5.41, 5.74) is 2.59. The minimum atomic E-state index is 0.782. The molecule has 0 aromatic heterocycles. The van der Waals surface area contributed by atoms with Crippen LogP contribution in [0.25, 0.3) is 0 Å². The Morgan fingerprint density at radius 3 is 2.58 bits per heavy atom. The number of hydrogen-bond acceptors (Lipinski definition) is 1. The minimum absolute atomic E-state index is 0.782. The summed E-state index contributed by atoms with van der Waals surface area (Å²) in [5, 5.41) is 0. The van der Waals surface area contributed by atoms with Crippen molar-refractivity contribution in [3.05, 3.63) is 64.1 Å². The molecule has 0 saturated heterocycles. The van der Waals surface area contributed by atoms with Crippen molar-refractivity contribution in [2.24, 2.45) is 0 Å². The van der Waals surface area contributed by atoms with Crippen molar-refractivity contribution >= 4 is 15.9 Å². The van der Waals surface area contributed by atoms with Gasteiger partial charge in [-0.05, 0) is 49.4 Å². The van der Waals surface area contributed by atoms with E-state index in [1.165, 1.54) is 11.1 Å². The van der Waals surface area contributed by atoms with Crippen molar-refractivity contribution in [2.75, 3.05) is 6.61 Å². The molecule has 2 heteroatoms. The predicted molar refractivity (Wildman–Crippen MR) is 83.8 cm³/mol. The van der Waals surface area contributed by atoms with Crippen LogP contribution in [-0.4, -0.2) is 6.61 Å². The van der Waals surface area contributed by atoms with Crippen molar-refractivity contribution < 1.29 is 4.74 Å². The molecule has 0 spiro atoms. The zero-order valence-electron chi connectivity index (χ0n) is 11.2. The van der Waals surface area contributed by atoms with E-state index < -0.39 is 0 Å². The first-order valence-electron chi connectivity index (χ1n) is 6.68. The Balaban J connectivity index is 1.71. The first kappa shape index (κ1) is 14.1. The van der Waals surface area contributed by atoms with E-state index in [0.29, 0.717) is 0 Å². The normalized spacial score (nSPS) is 10.4. The number of rotatable bonds is 6. The third kappa shape index (κ3) is 4.71. The molecule has 0 aliphatic heterocycles. The van der Waals surface area contributed by atoms with Crippen LogP contribution in [0.4, 0.5) is 0 Å². The van der Waals surface area contributed by atoms with E-state index in [2.05, 4.69) is 59.3 Å². The summed E-state index contributed by atoms with van der Waals surface area (Å²) in [7, 11) is 0. The van der Waals surface area contributed by atoms with Gasteiger partial charge in [0.15, 0.2) is 0 Å². The molecule has 0 unspecified atom stereocenters. The van der Waals surface area contributed by atoms with Crippen LogP contribution in [0.1, 0.15) is 24.0 Å². The Bertz CT molecular complexity index is 508. The molecule has 0 fully saturated rings. The third-order valence-corrected chi connectivity index (χ3v) is 3.60. The first-order valence-corrected chi connectivity index (χ1v) is 7.48. The highest BCUT2D eigenvalue weighted by Crippen LogP contribution is 2.23. The Morgan fingerprint density at radius 1 is 1.00 bits per heavy atom. The third-order valence-electron chi connectivity index (χ3n) is 3.11. The fourth-order valence-corrected chi connectivity index (χ4v) is 2.33. The minimum Gasteiger partial charge on any atom is -0.493 e. The zero-order valence-corrected chi connectivity index (χ0v) is 12.8. The van der Waals surface area contributed by atoms with Crippen LogP contribution in [0.3, 0.4) is 0 Å². The van der Waals surface area contributed by atoms with E-state index in [9.17, 15) is 0 Å². The maximum absolute atomic E-state index is 5.83. The van der Waals surface area contributed by atoms with E-state index in [1.807, 2.05) is 12.1 Å². The van der Waals surface area contributed by atoms with E-state index in [1.54, 1.807) is 0 Å². The van der Waals surface area contributed by atoms with Crippen molar-refractivity contribution in [3.8, 4) is 5.75 Å². The smallest absolute Gasteiger partial charge is 0.123 e. The topological polar surface area (TPSA) is 9.23 Å². The summed E-state index contributed by atoms with van der Waals surface area (Å²) in [6.07, 6.45) is 3.37. The number of benzene rings is 2.